The summed E-state index contributed by atoms with van der Waals surface area (Å²) in [6, 6.07) is 6.02. The van der Waals surface area contributed by atoms with Gasteiger partial charge < -0.3 is 5.11 Å². The molecule has 9 heteroatoms. The van der Waals surface area contributed by atoms with Crippen molar-refractivity contribution in [1.29, 1.82) is 0 Å². The summed E-state index contributed by atoms with van der Waals surface area (Å²) in [4.78, 5) is 31.6. The van der Waals surface area contributed by atoms with Gasteiger partial charge in [0.2, 0.25) is 0 Å². The van der Waals surface area contributed by atoms with Crippen LogP contribution in [0, 0.1) is 17.3 Å². The van der Waals surface area contributed by atoms with Crippen LogP contribution in [-0.4, -0.2) is 67.7 Å². The van der Waals surface area contributed by atoms with Crippen molar-refractivity contribution in [2.75, 3.05) is 0 Å². The molecule has 2 saturated heterocycles. The van der Waals surface area contributed by atoms with Gasteiger partial charge in [-0.1, -0.05) is 34.1 Å². The summed E-state index contributed by atoms with van der Waals surface area (Å²) in [5, 5.41) is 24.3. The number of aliphatic hydroxyl groups excluding tert-OH is 2. The first-order valence-corrected chi connectivity index (χ1v) is 16.8. The zero-order valence-corrected chi connectivity index (χ0v) is 27.1. The van der Waals surface area contributed by atoms with Gasteiger partial charge in [-0.25, -0.2) is 0 Å². The number of cyclic esters (lactones) is 1. The monoisotopic (exact) mass is 621 g/mol. The Hall–Kier alpha value is -1.31. The Morgan fingerprint density at radius 3 is 2.64 bits per heavy atom. The second kappa shape index (κ2) is 12.3. The average Bonchev–Trinajstić information content (AvgIpc) is 3.33. The summed E-state index contributed by atoms with van der Waals surface area (Å²) < 4.78 is 13.3. The Kier molecular flexibility index (Phi) is 9.65. The van der Waals surface area contributed by atoms with Crippen molar-refractivity contribution in [3.8, 4) is 0 Å². The van der Waals surface area contributed by atoms with E-state index in [1.54, 1.807) is 42.0 Å². The molecule has 0 amide bonds. The van der Waals surface area contributed by atoms with Gasteiger partial charge in [-0.3, -0.25) is 4.79 Å². The number of nitrogens with zero attached hydrogens (tertiary/aromatic N) is 1. The molecule has 1 aromatic carbocycles. The normalized spacial score (nSPS) is 34.5. The summed E-state index contributed by atoms with van der Waals surface area (Å²) >= 11 is 3.30. The molecule has 3 heterocycles. The second-order valence-electron chi connectivity index (χ2n) is 12.2. The van der Waals surface area contributed by atoms with Gasteiger partial charge in [0, 0.05) is 5.92 Å². The van der Waals surface area contributed by atoms with Crippen molar-refractivity contribution >= 4 is 50.2 Å². The number of ketones is 1. The van der Waals surface area contributed by atoms with Crippen LogP contribution in [-0.2, 0) is 24.3 Å². The van der Waals surface area contributed by atoms with E-state index in [0.29, 0.717) is 12.8 Å². The summed E-state index contributed by atoms with van der Waals surface area (Å²) in [6.45, 7) is 9.41. The van der Waals surface area contributed by atoms with Gasteiger partial charge in [0.05, 0.1) is 6.10 Å². The number of fused-ring (bicyclic) bond motifs is 2. The molecule has 0 bridgehead atoms. The van der Waals surface area contributed by atoms with Crippen LogP contribution in [0.5, 0.6) is 0 Å². The molecule has 2 fully saturated rings. The number of esters is 1. The fourth-order valence-corrected chi connectivity index (χ4v) is 7.45. The SMILES string of the molecule is CCCC1C(=O)C(C)(C)C(O)CC(=O)OC(c2ccc3sc(C[AsH2])nc3c2)CC2OC2(C)CCCC(C)C1O. The predicted molar refractivity (Wildman–Crippen MR) is 155 cm³/mol. The van der Waals surface area contributed by atoms with Crippen LogP contribution in [0.15, 0.2) is 18.2 Å². The van der Waals surface area contributed by atoms with E-state index < -0.39 is 35.6 Å². The Morgan fingerprint density at radius 2 is 1.95 bits per heavy atom. The van der Waals surface area contributed by atoms with Crippen LogP contribution in [0.25, 0.3) is 10.2 Å². The molecule has 7 nitrogen and oxygen atoms in total. The molecule has 8 atom stereocenters. The number of rotatable bonds is 4. The number of carbonyl (C=O) groups excluding carboxylic acids is 2. The number of Topliss-reactive ketones (excluding diaryl/α,β-unsaturated/α-hetero) is 1. The van der Waals surface area contributed by atoms with Crippen molar-refractivity contribution in [1.82, 2.24) is 4.98 Å². The number of carbonyl (C=O) groups is 2. The number of epoxide rings is 1. The van der Waals surface area contributed by atoms with Gasteiger partial charge >= 0.3 is 165 Å². The Bertz CT molecular complexity index is 1180. The fourth-order valence-electron chi connectivity index (χ4n) is 5.91. The van der Waals surface area contributed by atoms with Crippen molar-refractivity contribution in [3.05, 3.63) is 28.8 Å². The molecule has 0 saturated carbocycles. The fraction of sp³-hybridized carbons (Fsp3) is 0.700. The van der Waals surface area contributed by atoms with Gasteiger partial charge in [-0.2, -0.15) is 0 Å². The molecule has 1 aromatic heterocycles. The Labute approximate surface area is 244 Å². The van der Waals surface area contributed by atoms with Gasteiger partial charge in [-0.05, 0) is 18.8 Å². The third kappa shape index (κ3) is 6.78. The van der Waals surface area contributed by atoms with Gasteiger partial charge in [0.25, 0.3) is 0 Å². The maximum absolute atomic E-state index is 13.7. The molecular weight excluding hydrogens is 577 g/mol. The Balaban J connectivity index is 1.63. The molecule has 0 aliphatic carbocycles. The van der Waals surface area contributed by atoms with E-state index in [4.69, 9.17) is 14.5 Å². The van der Waals surface area contributed by atoms with E-state index >= 15 is 0 Å². The van der Waals surface area contributed by atoms with Crippen LogP contribution in [0.3, 0.4) is 0 Å². The number of aromatic nitrogens is 1. The topological polar surface area (TPSA) is 109 Å². The standard InChI is InChI=1S/C30H44AsNO6S/c1-6-8-19-27(35)17(2)9-7-12-30(5)24(38-30)14-21(37-26(34)15-23(33)29(3,4)28(19)36)18-10-11-22-20(13-18)32-25(16-31)39-22/h10-11,13,17,19,21,23-24,27,33,35H,6-9,12,14-16,31H2,1-5H3. The van der Waals surface area contributed by atoms with Crippen LogP contribution in [0.2, 0.25) is 0 Å². The smallest absolute Gasteiger partial charge is 0.392 e. The van der Waals surface area contributed by atoms with Crippen molar-refractivity contribution < 1.29 is 29.3 Å². The van der Waals surface area contributed by atoms with E-state index in [1.165, 1.54) is 0 Å². The number of benzene rings is 1. The third-order valence-corrected chi connectivity index (χ3v) is 11.3. The molecule has 2 aromatic rings. The average molecular weight is 622 g/mol. The van der Waals surface area contributed by atoms with E-state index in [-0.39, 0.29) is 29.8 Å². The van der Waals surface area contributed by atoms with E-state index in [1.807, 2.05) is 32.0 Å². The zero-order valence-electron chi connectivity index (χ0n) is 23.8. The number of hydrogen-bond acceptors (Lipinski definition) is 8. The van der Waals surface area contributed by atoms with E-state index in [2.05, 4.69) is 6.92 Å². The van der Waals surface area contributed by atoms with Gasteiger partial charge in [0.15, 0.2) is 0 Å². The van der Waals surface area contributed by atoms with Gasteiger partial charge in [0.1, 0.15) is 5.78 Å². The van der Waals surface area contributed by atoms with E-state index in [0.717, 1.165) is 51.7 Å². The minimum Gasteiger partial charge on any atom is -0.392 e. The first kappa shape index (κ1) is 30.6. The second-order valence-corrected chi connectivity index (χ2v) is 14.2. The minimum atomic E-state index is -1.23. The molecule has 8 unspecified atom stereocenters. The molecule has 2 aliphatic heterocycles. The first-order valence-electron chi connectivity index (χ1n) is 14.3. The number of thiazole rings is 1. The van der Waals surface area contributed by atoms with Crippen LogP contribution >= 0.6 is 11.3 Å². The van der Waals surface area contributed by atoms with Gasteiger partial charge in [-0.15, -0.1) is 0 Å². The van der Waals surface area contributed by atoms with Crippen LogP contribution in [0.1, 0.15) is 96.2 Å². The van der Waals surface area contributed by atoms with Crippen molar-refractivity contribution in [2.24, 2.45) is 17.3 Å². The van der Waals surface area contributed by atoms with Crippen LogP contribution in [0.4, 0.5) is 0 Å². The molecule has 216 valence electrons. The molecule has 39 heavy (non-hydrogen) atoms. The summed E-state index contributed by atoms with van der Waals surface area (Å²) in [5.41, 5.74) is 0.239. The third-order valence-electron chi connectivity index (χ3n) is 8.83. The Morgan fingerprint density at radius 1 is 1.21 bits per heavy atom. The molecular formula is C30H44AsNO6S. The van der Waals surface area contributed by atoms with Crippen LogP contribution < -0.4 is 0 Å². The summed E-state index contributed by atoms with van der Waals surface area (Å²) in [7, 11) is 0. The quantitative estimate of drug-likeness (QED) is 0.294. The van der Waals surface area contributed by atoms with Crippen molar-refractivity contribution in [3.63, 3.8) is 0 Å². The zero-order chi connectivity index (χ0) is 28.5. The van der Waals surface area contributed by atoms with Crippen molar-refractivity contribution in [2.45, 2.75) is 115 Å². The predicted octanol–water partition coefficient (Wildman–Crippen LogP) is 4.50. The first-order chi connectivity index (χ1) is 18.4. The molecule has 2 aliphatic rings. The summed E-state index contributed by atoms with van der Waals surface area (Å²) in [5.74, 6) is -1.42. The number of hydrogen-bond donors (Lipinski definition) is 2. The molecule has 2 N–H and O–H groups in total. The minimum absolute atomic E-state index is 0.0562. The maximum atomic E-state index is 13.7. The molecule has 4 rings (SSSR count). The van der Waals surface area contributed by atoms with E-state index in [9.17, 15) is 19.8 Å². The number of ether oxygens (including phenoxy) is 2. The molecule has 0 radical (unpaired) electrons. The summed E-state index contributed by atoms with van der Waals surface area (Å²) in [6.07, 6.45) is 1.33. The molecule has 0 spiro atoms. The number of aliphatic hydroxyl groups is 2.